The minimum absolute atomic E-state index is 0.105. The van der Waals surface area contributed by atoms with E-state index in [1.807, 2.05) is 19.9 Å². The Hall–Kier alpha value is -4.44. The summed E-state index contributed by atoms with van der Waals surface area (Å²) < 4.78 is 11.1. The van der Waals surface area contributed by atoms with Crippen LogP contribution in [0.25, 0.3) is 33.6 Å². The summed E-state index contributed by atoms with van der Waals surface area (Å²) in [6.07, 6.45) is 2.46. The molecule has 0 aliphatic heterocycles. The number of aromatic nitrogens is 1. The smallest absolute Gasteiger partial charge is 0.316 e. The maximum absolute atomic E-state index is 12.4. The first-order chi connectivity index (χ1) is 19.1. The molecule has 1 aliphatic carbocycles. The zero-order valence-electron chi connectivity index (χ0n) is 22.3. The molecule has 6 rings (SSSR count). The van der Waals surface area contributed by atoms with Crippen LogP contribution >= 0.6 is 0 Å². The molecular weight excluding hydrogens is 482 g/mol. The number of hydrogen-bond acceptors (Lipinski definition) is 4. The predicted molar refractivity (Wildman–Crippen MR) is 154 cm³/mol. The van der Waals surface area contributed by atoms with Crippen LogP contribution < -0.4 is 0 Å². The van der Waals surface area contributed by atoms with Crippen LogP contribution in [-0.2, 0) is 21.4 Å². The zero-order valence-corrected chi connectivity index (χ0v) is 22.3. The van der Waals surface area contributed by atoms with E-state index in [0.29, 0.717) is 6.61 Å². The fraction of sp³-hybridized carbons (Fsp3) is 0.200. The van der Waals surface area contributed by atoms with Crippen molar-refractivity contribution in [3.05, 3.63) is 126 Å². The summed E-state index contributed by atoms with van der Waals surface area (Å²) in [5.41, 5.74) is 9.46. The molecule has 4 heteroatoms. The molecule has 194 valence electrons. The first kappa shape index (κ1) is 24.9. The lowest BCUT2D eigenvalue weighted by atomic mass is 9.93. The van der Waals surface area contributed by atoms with Crippen LogP contribution in [0.1, 0.15) is 42.1 Å². The van der Waals surface area contributed by atoms with Crippen molar-refractivity contribution in [1.29, 1.82) is 0 Å². The van der Waals surface area contributed by atoms with E-state index in [-0.39, 0.29) is 5.97 Å². The molecule has 0 amide bonds. The third-order valence-electron chi connectivity index (χ3n) is 7.73. The van der Waals surface area contributed by atoms with Crippen LogP contribution in [-0.4, -0.2) is 17.7 Å². The van der Waals surface area contributed by atoms with Crippen molar-refractivity contribution in [2.45, 2.75) is 38.5 Å². The van der Waals surface area contributed by atoms with Gasteiger partial charge in [-0.25, -0.2) is 0 Å². The van der Waals surface area contributed by atoms with Crippen molar-refractivity contribution in [3.8, 4) is 33.6 Å². The number of ether oxygens (including phenoxy) is 1. The molecule has 4 aromatic carbocycles. The van der Waals surface area contributed by atoms with Gasteiger partial charge in [0.15, 0.2) is 5.76 Å². The summed E-state index contributed by atoms with van der Waals surface area (Å²) in [6.45, 7) is 4.27. The SMILES string of the molecule is CCOC(=O)C1(c2ccc(-c3ccc(-c4onc(C)c4Cc4cccc(-c5ccccc5)c4)cc3)cc2)CC1. The number of nitrogens with zero attached hydrogens (tertiary/aromatic N) is 1. The van der Waals surface area contributed by atoms with E-state index in [4.69, 9.17) is 9.26 Å². The molecule has 0 atom stereocenters. The van der Waals surface area contributed by atoms with Gasteiger partial charge in [0.05, 0.1) is 17.7 Å². The van der Waals surface area contributed by atoms with Crippen LogP contribution in [0.4, 0.5) is 0 Å². The van der Waals surface area contributed by atoms with Gasteiger partial charge in [-0.1, -0.05) is 108 Å². The third-order valence-corrected chi connectivity index (χ3v) is 7.73. The lowest BCUT2D eigenvalue weighted by Crippen LogP contribution is -2.23. The average molecular weight is 514 g/mol. The monoisotopic (exact) mass is 513 g/mol. The van der Waals surface area contributed by atoms with Crippen molar-refractivity contribution in [2.24, 2.45) is 0 Å². The van der Waals surface area contributed by atoms with Crippen LogP contribution in [0, 0.1) is 6.92 Å². The van der Waals surface area contributed by atoms with E-state index in [9.17, 15) is 4.79 Å². The molecule has 0 N–H and O–H groups in total. The largest absolute Gasteiger partial charge is 0.465 e. The van der Waals surface area contributed by atoms with Crippen LogP contribution in [0.5, 0.6) is 0 Å². The highest BCUT2D eigenvalue weighted by Crippen LogP contribution is 2.49. The number of carbonyl (C=O) groups excluding carboxylic acids is 1. The standard InChI is InChI=1S/C35H31NO3/c1-3-38-34(37)35(20-21-35)31-18-16-28(17-19-31)27-12-14-29(15-13-27)33-32(24(2)36-39-33)23-25-8-7-11-30(22-25)26-9-5-4-6-10-26/h4-19,22H,3,20-21,23H2,1-2H3. The normalized spacial score (nSPS) is 13.7. The fourth-order valence-corrected chi connectivity index (χ4v) is 5.32. The number of carbonyl (C=O) groups is 1. The van der Waals surface area contributed by atoms with E-state index in [1.165, 1.54) is 16.7 Å². The molecule has 0 saturated heterocycles. The number of aryl methyl sites for hydroxylation is 1. The van der Waals surface area contributed by atoms with Crippen molar-refractivity contribution in [3.63, 3.8) is 0 Å². The summed E-state index contributed by atoms with van der Waals surface area (Å²) in [4.78, 5) is 12.4. The van der Waals surface area contributed by atoms with Crippen LogP contribution in [0.3, 0.4) is 0 Å². The van der Waals surface area contributed by atoms with Crippen molar-refractivity contribution < 1.29 is 14.1 Å². The highest BCUT2D eigenvalue weighted by molar-refractivity contribution is 5.87. The van der Waals surface area contributed by atoms with Crippen molar-refractivity contribution in [1.82, 2.24) is 5.16 Å². The maximum Gasteiger partial charge on any atom is 0.316 e. The lowest BCUT2D eigenvalue weighted by molar-refractivity contribution is -0.146. The Bertz CT molecular complexity index is 1590. The summed E-state index contributed by atoms with van der Waals surface area (Å²) in [5.74, 6) is 0.705. The zero-order chi connectivity index (χ0) is 26.8. The summed E-state index contributed by atoms with van der Waals surface area (Å²) in [6, 6.07) is 35.8. The number of benzene rings is 4. The number of esters is 1. The fourth-order valence-electron chi connectivity index (χ4n) is 5.32. The van der Waals surface area contributed by atoms with Gasteiger partial charge in [0.25, 0.3) is 0 Å². The Labute approximate surface area is 229 Å². The van der Waals surface area contributed by atoms with Gasteiger partial charge in [0.2, 0.25) is 0 Å². The van der Waals surface area contributed by atoms with E-state index in [2.05, 4.69) is 102 Å². The molecule has 39 heavy (non-hydrogen) atoms. The van der Waals surface area contributed by atoms with Crippen LogP contribution in [0.15, 0.2) is 108 Å². The second-order valence-corrected chi connectivity index (χ2v) is 10.3. The molecular formula is C35H31NO3. The van der Waals surface area contributed by atoms with Gasteiger partial charge in [0.1, 0.15) is 0 Å². The van der Waals surface area contributed by atoms with Gasteiger partial charge in [-0.2, -0.15) is 0 Å². The molecule has 0 bridgehead atoms. The maximum atomic E-state index is 12.4. The summed E-state index contributed by atoms with van der Waals surface area (Å²) in [7, 11) is 0. The molecule has 0 spiro atoms. The Morgan fingerprint density at radius 2 is 1.41 bits per heavy atom. The Morgan fingerprint density at radius 3 is 2.08 bits per heavy atom. The molecule has 1 saturated carbocycles. The quantitative estimate of drug-likeness (QED) is 0.196. The first-order valence-electron chi connectivity index (χ1n) is 13.6. The third kappa shape index (κ3) is 4.90. The van der Waals surface area contributed by atoms with Gasteiger partial charge in [-0.15, -0.1) is 0 Å². The average Bonchev–Trinajstić information content (AvgIpc) is 3.73. The minimum atomic E-state index is -0.445. The highest BCUT2D eigenvalue weighted by Gasteiger charge is 2.52. The molecule has 1 aromatic heterocycles. The van der Waals surface area contributed by atoms with Crippen molar-refractivity contribution in [2.75, 3.05) is 6.61 Å². The number of hydrogen-bond donors (Lipinski definition) is 0. The van der Waals surface area contributed by atoms with Gasteiger partial charge in [0, 0.05) is 17.5 Å². The van der Waals surface area contributed by atoms with Gasteiger partial charge >= 0.3 is 5.97 Å². The molecule has 4 nitrogen and oxygen atoms in total. The summed E-state index contributed by atoms with van der Waals surface area (Å²) in [5, 5.41) is 4.30. The first-order valence-corrected chi connectivity index (χ1v) is 13.6. The number of rotatable bonds is 8. The molecule has 0 unspecified atom stereocenters. The summed E-state index contributed by atoms with van der Waals surface area (Å²) >= 11 is 0. The Morgan fingerprint density at radius 1 is 0.795 bits per heavy atom. The molecule has 1 heterocycles. The van der Waals surface area contributed by atoms with E-state index >= 15 is 0 Å². The lowest BCUT2D eigenvalue weighted by Gasteiger charge is -2.14. The van der Waals surface area contributed by atoms with Gasteiger partial charge in [-0.3, -0.25) is 4.79 Å². The predicted octanol–water partition coefficient (Wildman–Crippen LogP) is 8.17. The second kappa shape index (κ2) is 10.4. The highest BCUT2D eigenvalue weighted by atomic mass is 16.5. The van der Waals surface area contributed by atoms with E-state index in [0.717, 1.165) is 58.5 Å². The van der Waals surface area contributed by atoms with Crippen molar-refractivity contribution >= 4 is 5.97 Å². The molecule has 5 aromatic rings. The Kier molecular flexibility index (Phi) is 6.62. The Balaban J connectivity index is 1.22. The van der Waals surface area contributed by atoms with E-state index in [1.54, 1.807) is 0 Å². The second-order valence-electron chi connectivity index (χ2n) is 10.3. The van der Waals surface area contributed by atoms with Crippen LogP contribution in [0.2, 0.25) is 0 Å². The molecule has 0 radical (unpaired) electrons. The molecule has 1 fully saturated rings. The topological polar surface area (TPSA) is 52.3 Å². The minimum Gasteiger partial charge on any atom is -0.465 e. The van der Waals surface area contributed by atoms with E-state index < -0.39 is 5.41 Å². The van der Waals surface area contributed by atoms with Gasteiger partial charge < -0.3 is 9.26 Å². The molecule has 1 aliphatic rings. The van der Waals surface area contributed by atoms with Gasteiger partial charge in [-0.05, 0) is 60.1 Å².